The third kappa shape index (κ3) is 1.11. The first kappa shape index (κ1) is 7.57. The van der Waals surface area contributed by atoms with Crippen LogP contribution in [0.2, 0.25) is 0 Å². The SMILES string of the molecule is C[C@@H]1Cc2cc3ccsc3cc2C1. The molecule has 13 heavy (non-hydrogen) atoms. The first-order chi connectivity index (χ1) is 6.33. The summed E-state index contributed by atoms with van der Waals surface area (Å²) in [4.78, 5) is 0. The van der Waals surface area contributed by atoms with Crippen LogP contribution in [0.3, 0.4) is 0 Å². The quantitative estimate of drug-likeness (QED) is 0.592. The van der Waals surface area contributed by atoms with Crippen LogP contribution in [0.15, 0.2) is 23.6 Å². The van der Waals surface area contributed by atoms with E-state index in [0.717, 1.165) is 5.92 Å². The van der Waals surface area contributed by atoms with Gasteiger partial charge in [0.05, 0.1) is 0 Å². The lowest BCUT2D eigenvalue weighted by atomic mass is 10.1. The van der Waals surface area contributed by atoms with Crippen molar-refractivity contribution in [1.29, 1.82) is 0 Å². The summed E-state index contributed by atoms with van der Waals surface area (Å²) in [5.41, 5.74) is 3.17. The van der Waals surface area contributed by atoms with Crippen molar-refractivity contribution in [3.63, 3.8) is 0 Å². The molecule has 0 saturated carbocycles. The molecule has 0 saturated heterocycles. The highest BCUT2D eigenvalue weighted by Gasteiger charge is 2.17. The van der Waals surface area contributed by atoms with E-state index in [9.17, 15) is 0 Å². The molecule has 1 aromatic carbocycles. The fourth-order valence-corrected chi connectivity index (χ4v) is 3.14. The second-order valence-electron chi connectivity index (χ2n) is 4.09. The number of benzene rings is 1. The Morgan fingerprint density at radius 3 is 2.85 bits per heavy atom. The zero-order valence-electron chi connectivity index (χ0n) is 7.71. The van der Waals surface area contributed by atoms with Gasteiger partial charge in [0.15, 0.2) is 0 Å². The molecule has 0 amide bonds. The largest absolute Gasteiger partial charge is 0.144 e. The highest BCUT2D eigenvalue weighted by molar-refractivity contribution is 7.17. The molecule has 1 atom stereocenters. The third-order valence-electron chi connectivity index (χ3n) is 2.91. The number of fused-ring (bicyclic) bond motifs is 2. The van der Waals surface area contributed by atoms with Gasteiger partial charge in [-0.15, -0.1) is 11.3 Å². The monoisotopic (exact) mass is 188 g/mol. The van der Waals surface area contributed by atoms with Crippen LogP contribution in [0.1, 0.15) is 18.1 Å². The van der Waals surface area contributed by atoms with Gasteiger partial charge in [-0.25, -0.2) is 0 Å². The number of hydrogen-bond acceptors (Lipinski definition) is 1. The topological polar surface area (TPSA) is 0 Å². The standard InChI is InChI=1S/C12H12S/c1-8-4-10-6-9-2-3-13-12(9)7-11(10)5-8/h2-3,6-8H,4-5H2,1H3/t8-/m1/s1. The zero-order valence-corrected chi connectivity index (χ0v) is 8.53. The first-order valence-corrected chi connectivity index (χ1v) is 5.70. The van der Waals surface area contributed by atoms with Gasteiger partial charge >= 0.3 is 0 Å². The third-order valence-corrected chi connectivity index (χ3v) is 3.79. The second-order valence-corrected chi connectivity index (χ2v) is 5.04. The summed E-state index contributed by atoms with van der Waals surface area (Å²) in [5, 5.41) is 3.61. The lowest BCUT2D eigenvalue weighted by molar-refractivity contribution is 0.628. The minimum absolute atomic E-state index is 0.853. The summed E-state index contributed by atoms with van der Waals surface area (Å²) < 4.78 is 1.45. The maximum Gasteiger partial charge on any atom is 0.0345 e. The van der Waals surface area contributed by atoms with E-state index in [1.807, 2.05) is 11.3 Å². The van der Waals surface area contributed by atoms with Crippen molar-refractivity contribution in [3.8, 4) is 0 Å². The van der Waals surface area contributed by atoms with Crippen molar-refractivity contribution in [2.75, 3.05) is 0 Å². The van der Waals surface area contributed by atoms with Crippen molar-refractivity contribution < 1.29 is 0 Å². The Balaban J connectivity index is 2.27. The van der Waals surface area contributed by atoms with Gasteiger partial charge in [-0.05, 0) is 52.8 Å². The van der Waals surface area contributed by atoms with Crippen molar-refractivity contribution in [2.45, 2.75) is 19.8 Å². The molecular formula is C12H12S. The number of thiophene rings is 1. The minimum atomic E-state index is 0.853. The minimum Gasteiger partial charge on any atom is -0.144 e. The maximum absolute atomic E-state index is 2.39. The highest BCUT2D eigenvalue weighted by atomic mass is 32.1. The molecule has 0 unspecified atom stereocenters. The Bertz CT molecular complexity index is 413. The molecule has 1 aliphatic carbocycles. The van der Waals surface area contributed by atoms with Crippen LogP contribution in [0.5, 0.6) is 0 Å². The van der Waals surface area contributed by atoms with E-state index in [4.69, 9.17) is 0 Å². The zero-order chi connectivity index (χ0) is 8.84. The van der Waals surface area contributed by atoms with Crippen molar-refractivity contribution in [1.82, 2.24) is 0 Å². The second kappa shape index (κ2) is 2.58. The normalized spacial score (nSPS) is 20.8. The van der Waals surface area contributed by atoms with Gasteiger partial charge in [0, 0.05) is 4.70 Å². The molecule has 0 aliphatic heterocycles. The summed E-state index contributed by atoms with van der Waals surface area (Å²) in [6.07, 6.45) is 2.56. The summed E-state index contributed by atoms with van der Waals surface area (Å²) in [6.45, 7) is 2.34. The first-order valence-electron chi connectivity index (χ1n) is 4.82. The summed E-state index contributed by atoms with van der Waals surface area (Å²) >= 11 is 1.85. The Morgan fingerprint density at radius 1 is 1.23 bits per heavy atom. The average Bonchev–Trinajstić information content (AvgIpc) is 2.63. The Labute approximate surface area is 82.2 Å². The highest BCUT2D eigenvalue weighted by Crippen LogP contribution is 2.32. The molecule has 1 heterocycles. The van der Waals surface area contributed by atoms with Crippen LogP contribution in [0.25, 0.3) is 10.1 Å². The summed E-state index contributed by atoms with van der Waals surface area (Å²) in [5.74, 6) is 0.853. The van der Waals surface area contributed by atoms with Crippen molar-refractivity contribution in [2.24, 2.45) is 5.92 Å². The molecule has 0 nitrogen and oxygen atoms in total. The van der Waals surface area contributed by atoms with E-state index in [2.05, 4.69) is 30.5 Å². The lowest BCUT2D eigenvalue weighted by Gasteiger charge is -1.97. The van der Waals surface area contributed by atoms with Crippen molar-refractivity contribution >= 4 is 21.4 Å². The molecule has 0 bridgehead atoms. The molecule has 0 fully saturated rings. The molecular weight excluding hydrogens is 176 g/mol. The molecule has 2 aromatic rings. The molecule has 3 rings (SSSR count). The van der Waals surface area contributed by atoms with Crippen LogP contribution in [0, 0.1) is 5.92 Å². The number of hydrogen-bond donors (Lipinski definition) is 0. The molecule has 1 aromatic heterocycles. The van der Waals surface area contributed by atoms with Crippen LogP contribution < -0.4 is 0 Å². The van der Waals surface area contributed by atoms with Gasteiger partial charge in [0.2, 0.25) is 0 Å². The average molecular weight is 188 g/mol. The van der Waals surface area contributed by atoms with Gasteiger partial charge in [-0.1, -0.05) is 13.0 Å². The van der Waals surface area contributed by atoms with E-state index < -0.39 is 0 Å². The van der Waals surface area contributed by atoms with Gasteiger partial charge in [0.1, 0.15) is 0 Å². The van der Waals surface area contributed by atoms with Crippen LogP contribution in [-0.2, 0) is 12.8 Å². The van der Waals surface area contributed by atoms with Crippen molar-refractivity contribution in [3.05, 3.63) is 34.7 Å². The van der Waals surface area contributed by atoms with E-state index in [-0.39, 0.29) is 0 Å². The predicted molar refractivity (Wildman–Crippen MR) is 58.4 cm³/mol. The van der Waals surface area contributed by atoms with E-state index in [0.29, 0.717) is 0 Å². The van der Waals surface area contributed by atoms with E-state index in [1.165, 1.54) is 22.9 Å². The molecule has 0 spiro atoms. The predicted octanol–water partition coefficient (Wildman–Crippen LogP) is 3.64. The Kier molecular flexibility index (Phi) is 1.50. The molecule has 66 valence electrons. The van der Waals surface area contributed by atoms with E-state index >= 15 is 0 Å². The van der Waals surface area contributed by atoms with Crippen LogP contribution in [0.4, 0.5) is 0 Å². The van der Waals surface area contributed by atoms with Gasteiger partial charge < -0.3 is 0 Å². The summed E-state index contributed by atoms with van der Waals surface area (Å²) in [7, 11) is 0. The Morgan fingerprint density at radius 2 is 2.00 bits per heavy atom. The van der Waals surface area contributed by atoms with Crippen LogP contribution >= 0.6 is 11.3 Å². The molecule has 0 N–H and O–H groups in total. The molecule has 1 heteroatoms. The fourth-order valence-electron chi connectivity index (χ4n) is 2.30. The molecule has 1 aliphatic rings. The van der Waals surface area contributed by atoms with Gasteiger partial charge in [0.25, 0.3) is 0 Å². The Hall–Kier alpha value is -0.820. The van der Waals surface area contributed by atoms with Gasteiger partial charge in [-0.2, -0.15) is 0 Å². The lowest BCUT2D eigenvalue weighted by Crippen LogP contribution is -1.89. The van der Waals surface area contributed by atoms with Crippen LogP contribution in [-0.4, -0.2) is 0 Å². The van der Waals surface area contributed by atoms with Gasteiger partial charge in [-0.3, -0.25) is 0 Å². The summed E-state index contributed by atoms with van der Waals surface area (Å²) in [6, 6.07) is 6.99. The fraction of sp³-hybridized carbons (Fsp3) is 0.333. The smallest absolute Gasteiger partial charge is 0.0345 e. The number of rotatable bonds is 0. The van der Waals surface area contributed by atoms with E-state index in [1.54, 1.807) is 11.1 Å². The maximum atomic E-state index is 2.39. The molecule has 0 radical (unpaired) electrons.